The molecule has 2 aliphatic rings. The van der Waals surface area contributed by atoms with Crippen LogP contribution in [0.4, 0.5) is 11.4 Å². The van der Waals surface area contributed by atoms with Gasteiger partial charge in [0.15, 0.2) is 5.78 Å². The Labute approximate surface area is 180 Å². The fourth-order valence-corrected chi connectivity index (χ4v) is 4.86. The van der Waals surface area contributed by atoms with Gasteiger partial charge in [0.05, 0.1) is 17.4 Å². The largest absolute Gasteiger partial charge is 0.357 e. The highest BCUT2D eigenvalue weighted by Gasteiger charge is 2.43. The first-order valence-electron chi connectivity index (χ1n) is 9.55. The quantitative estimate of drug-likeness (QED) is 0.591. The lowest BCUT2D eigenvalue weighted by Gasteiger charge is -2.37. The molecule has 2 aromatic carbocycles. The molecule has 2 aromatic rings. The number of fused-ring (bicyclic) bond motifs is 1. The summed E-state index contributed by atoms with van der Waals surface area (Å²) in [6, 6.07) is 12.2. The molecule has 0 aromatic heterocycles. The van der Waals surface area contributed by atoms with Gasteiger partial charge in [0.25, 0.3) is 0 Å². The zero-order valence-corrected chi connectivity index (χ0v) is 18.1. The molecule has 0 bridgehead atoms. The number of rotatable bonds is 1. The minimum absolute atomic E-state index is 0.0267. The number of para-hydroxylation sites is 2. The van der Waals surface area contributed by atoms with E-state index in [9.17, 15) is 9.59 Å². The van der Waals surface area contributed by atoms with Gasteiger partial charge in [-0.15, -0.1) is 0 Å². The minimum atomic E-state index is -0.619. The molecule has 4 rings (SSSR count). The number of allylic oxidation sites excluding steroid dienone is 1. The molecule has 0 saturated heterocycles. The van der Waals surface area contributed by atoms with Crippen molar-refractivity contribution in [1.82, 2.24) is 0 Å². The van der Waals surface area contributed by atoms with Crippen LogP contribution in [0.25, 0.3) is 0 Å². The maximum atomic E-state index is 13.4. The fourth-order valence-electron chi connectivity index (χ4n) is 4.35. The highest BCUT2D eigenvalue weighted by molar-refractivity contribution is 6.35. The van der Waals surface area contributed by atoms with Crippen LogP contribution < -0.4 is 10.2 Å². The van der Waals surface area contributed by atoms with Crippen LogP contribution in [0, 0.1) is 5.41 Å². The summed E-state index contributed by atoms with van der Waals surface area (Å²) in [6.45, 7) is 5.68. The van der Waals surface area contributed by atoms with E-state index in [4.69, 9.17) is 23.2 Å². The molecule has 0 radical (unpaired) electrons. The van der Waals surface area contributed by atoms with Crippen LogP contribution in [0.3, 0.4) is 0 Å². The molecule has 1 atom stereocenters. The summed E-state index contributed by atoms with van der Waals surface area (Å²) in [5.41, 5.74) is 3.48. The third-order valence-electron chi connectivity index (χ3n) is 5.50. The minimum Gasteiger partial charge on any atom is -0.357 e. The number of halogens is 2. The number of carbonyl (C=O) groups excluding carboxylic acids is 2. The molecule has 0 unspecified atom stereocenters. The third kappa shape index (κ3) is 3.56. The molecule has 1 heterocycles. The van der Waals surface area contributed by atoms with E-state index in [1.807, 2.05) is 24.3 Å². The van der Waals surface area contributed by atoms with Crippen molar-refractivity contribution in [3.05, 3.63) is 69.3 Å². The Morgan fingerprint density at radius 3 is 2.55 bits per heavy atom. The molecular weight excluding hydrogens is 407 g/mol. The predicted octanol–water partition coefficient (Wildman–Crippen LogP) is 6.16. The summed E-state index contributed by atoms with van der Waals surface area (Å²) >= 11 is 12.7. The van der Waals surface area contributed by atoms with Crippen molar-refractivity contribution >= 4 is 46.3 Å². The van der Waals surface area contributed by atoms with E-state index < -0.39 is 6.04 Å². The van der Waals surface area contributed by atoms with Gasteiger partial charge < -0.3 is 5.32 Å². The van der Waals surface area contributed by atoms with Crippen molar-refractivity contribution in [3.8, 4) is 0 Å². The molecule has 1 aliphatic heterocycles. The molecule has 29 heavy (non-hydrogen) atoms. The van der Waals surface area contributed by atoms with E-state index in [1.54, 1.807) is 23.1 Å². The maximum absolute atomic E-state index is 13.4. The number of nitrogens with zero attached hydrogens (tertiary/aromatic N) is 1. The second-order valence-corrected chi connectivity index (χ2v) is 9.28. The van der Waals surface area contributed by atoms with Gasteiger partial charge in [0, 0.05) is 34.7 Å². The van der Waals surface area contributed by atoms with Crippen LogP contribution >= 0.6 is 23.2 Å². The summed E-state index contributed by atoms with van der Waals surface area (Å²) < 4.78 is 0. The summed E-state index contributed by atoms with van der Waals surface area (Å²) in [6.07, 6.45) is 1.12. The van der Waals surface area contributed by atoms with Gasteiger partial charge in [0.1, 0.15) is 0 Å². The lowest BCUT2D eigenvalue weighted by atomic mass is 9.73. The van der Waals surface area contributed by atoms with Crippen LogP contribution in [0.15, 0.2) is 53.7 Å². The van der Waals surface area contributed by atoms with E-state index in [0.717, 1.165) is 17.1 Å². The smallest absolute Gasteiger partial charge is 0.224 e. The first-order chi connectivity index (χ1) is 13.7. The molecule has 6 heteroatoms. The van der Waals surface area contributed by atoms with Gasteiger partial charge in [-0.3, -0.25) is 14.5 Å². The number of hydrogen-bond acceptors (Lipinski definition) is 3. The highest BCUT2D eigenvalue weighted by atomic mass is 35.5. The number of ketones is 1. The molecular formula is C23H22Cl2N2O2. The second-order valence-electron chi connectivity index (χ2n) is 8.43. The summed E-state index contributed by atoms with van der Waals surface area (Å²) in [5.74, 6) is -0.138. The van der Waals surface area contributed by atoms with Gasteiger partial charge in [-0.2, -0.15) is 0 Å². The van der Waals surface area contributed by atoms with Crippen LogP contribution in [0.1, 0.15) is 45.2 Å². The normalized spacial score (nSPS) is 20.5. The average molecular weight is 429 g/mol. The Morgan fingerprint density at radius 1 is 1.14 bits per heavy atom. The number of Topliss-reactive ketones (excluding diaryl/α,β-unsaturated/α-hetero) is 1. The van der Waals surface area contributed by atoms with Crippen molar-refractivity contribution in [2.75, 3.05) is 10.2 Å². The van der Waals surface area contributed by atoms with Crippen LogP contribution in [-0.2, 0) is 9.59 Å². The van der Waals surface area contributed by atoms with Crippen LogP contribution in [0.5, 0.6) is 0 Å². The molecule has 0 fully saturated rings. The molecule has 1 amide bonds. The van der Waals surface area contributed by atoms with Crippen molar-refractivity contribution in [2.24, 2.45) is 5.41 Å². The van der Waals surface area contributed by atoms with Gasteiger partial charge in [-0.25, -0.2) is 0 Å². The first-order valence-corrected chi connectivity index (χ1v) is 10.3. The Bertz CT molecular complexity index is 1060. The Balaban J connectivity index is 2.04. The Kier molecular flexibility index (Phi) is 4.96. The first kappa shape index (κ1) is 20.0. The maximum Gasteiger partial charge on any atom is 0.224 e. The monoisotopic (exact) mass is 428 g/mol. The number of hydrogen-bond donors (Lipinski definition) is 1. The van der Waals surface area contributed by atoms with Crippen LogP contribution in [-0.4, -0.2) is 11.7 Å². The second kappa shape index (κ2) is 7.19. The molecule has 0 spiro atoms. The van der Waals surface area contributed by atoms with Crippen LogP contribution in [0.2, 0.25) is 10.0 Å². The summed E-state index contributed by atoms with van der Waals surface area (Å²) in [4.78, 5) is 27.9. The van der Waals surface area contributed by atoms with Crippen molar-refractivity contribution < 1.29 is 9.59 Å². The van der Waals surface area contributed by atoms with E-state index in [0.29, 0.717) is 34.0 Å². The Hall–Kier alpha value is -2.30. The van der Waals surface area contributed by atoms with Crippen molar-refractivity contribution in [3.63, 3.8) is 0 Å². The Morgan fingerprint density at radius 2 is 1.86 bits per heavy atom. The number of anilines is 2. The number of carbonyl (C=O) groups is 2. The van der Waals surface area contributed by atoms with Crippen molar-refractivity contribution in [1.29, 1.82) is 0 Å². The zero-order chi connectivity index (χ0) is 20.9. The average Bonchev–Trinajstić information content (AvgIpc) is 2.74. The third-order valence-corrected chi connectivity index (χ3v) is 6.06. The SMILES string of the molecule is CC(=O)N1c2ccccc2NC2=C(C(=O)CC(C)(C)C2)[C@@H]1c1ccc(Cl)cc1Cl. The zero-order valence-electron chi connectivity index (χ0n) is 16.6. The molecule has 1 N–H and O–H groups in total. The summed E-state index contributed by atoms with van der Waals surface area (Å²) in [7, 11) is 0. The highest BCUT2D eigenvalue weighted by Crippen LogP contribution is 2.49. The molecule has 0 saturated carbocycles. The fraction of sp³-hybridized carbons (Fsp3) is 0.304. The number of benzene rings is 2. The number of amides is 1. The van der Waals surface area contributed by atoms with Gasteiger partial charge in [0.2, 0.25) is 5.91 Å². The van der Waals surface area contributed by atoms with E-state index >= 15 is 0 Å². The van der Waals surface area contributed by atoms with Crippen molar-refractivity contribution in [2.45, 2.75) is 39.7 Å². The van der Waals surface area contributed by atoms with E-state index in [-0.39, 0.29) is 17.1 Å². The van der Waals surface area contributed by atoms with E-state index in [2.05, 4.69) is 19.2 Å². The van der Waals surface area contributed by atoms with E-state index in [1.165, 1.54) is 6.92 Å². The predicted molar refractivity (Wildman–Crippen MR) is 117 cm³/mol. The topological polar surface area (TPSA) is 49.4 Å². The molecule has 4 nitrogen and oxygen atoms in total. The standard InChI is InChI=1S/C23H22Cl2N2O2/c1-13(28)27-19-7-5-4-6-17(19)26-18-11-23(2,3)12-20(29)21(18)22(27)15-9-8-14(24)10-16(15)25/h4-10,22,26H,11-12H2,1-3H3/t22-/m0/s1. The number of nitrogens with one attached hydrogen (secondary N) is 1. The molecule has 150 valence electrons. The summed E-state index contributed by atoms with van der Waals surface area (Å²) in [5, 5.41) is 4.39. The van der Waals surface area contributed by atoms with Gasteiger partial charge >= 0.3 is 0 Å². The van der Waals surface area contributed by atoms with Gasteiger partial charge in [-0.05, 0) is 41.7 Å². The molecule has 1 aliphatic carbocycles. The lowest BCUT2D eigenvalue weighted by molar-refractivity contribution is -0.118. The lowest BCUT2D eigenvalue weighted by Crippen LogP contribution is -2.38. The van der Waals surface area contributed by atoms with Gasteiger partial charge in [-0.1, -0.05) is 55.2 Å².